The van der Waals surface area contributed by atoms with Crippen molar-refractivity contribution in [2.24, 2.45) is 0 Å². The summed E-state index contributed by atoms with van der Waals surface area (Å²) in [4.78, 5) is 15.3. The SMILES string of the molecule is C=CCN(Cc1ccc(Cl)s1)C(=O)c1c(N)cccc1Cl. The summed E-state index contributed by atoms with van der Waals surface area (Å²) in [6.45, 7) is 4.53. The van der Waals surface area contributed by atoms with Crippen molar-refractivity contribution in [3.8, 4) is 0 Å². The minimum atomic E-state index is -0.220. The van der Waals surface area contributed by atoms with Gasteiger partial charge in [-0.15, -0.1) is 17.9 Å². The van der Waals surface area contributed by atoms with Crippen LogP contribution in [0.4, 0.5) is 5.69 Å². The number of carbonyl (C=O) groups is 1. The molecular weight excluding hydrogens is 327 g/mol. The number of halogens is 2. The number of carbonyl (C=O) groups excluding carboxylic acids is 1. The molecule has 2 rings (SSSR count). The highest BCUT2D eigenvalue weighted by Crippen LogP contribution is 2.26. The van der Waals surface area contributed by atoms with E-state index in [1.54, 1.807) is 29.2 Å². The van der Waals surface area contributed by atoms with Crippen LogP contribution in [0.5, 0.6) is 0 Å². The molecule has 1 aromatic heterocycles. The van der Waals surface area contributed by atoms with Gasteiger partial charge in [0.15, 0.2) is 0 Å². The second-order valence-electron chi connectivity index (χ2n) is 4.38. The van der Waals surface area contributed by atoms with Gasteiger partial charge in [-0.3, -0.25) is 4.79 Å². The maximum Gasteiger partial charge on any atom is 0.258 e. The van der Waals surface area contributed by atoms with E-state index in [9.17, 15) is 4.79 Å². The van der Waals surface area contributed by atoms with Crippen LogP contribution >= 0.6 is 34.5 Å². The molecule has 0 aliphatic carbocycles. The molecule has 1 aromatic carbocycles. The highest BCUT2D eigenvalue weighted by Gasteiger charge is 2.20. The van der Waals surface area contributed by atoms with Gasteiger partial charge in [0.1, 0.15) is 0 Å². The summed E-state index contributed by atoms with van der Waals surface area (Å²) in [6.07, 6.45) is 1.67. The highest BCUT2D eigenvalue weighted by atomic mass is 35.5. The van der Waals surface area contributed by atoms with E-state index in [-0.39, 0.29) is 5.91 Å². The summed E-state index contributed by atoms with van der Waals surface area (Å²) in [5.74, 6) is -0.220. The van der Waals surface area contributed by atoms with Crippen molar-refractivity contribution in [2.75, 3.05) is 12.3 Å². The number of nitrogens with two attached hydrogens (primary N) is 1. The van der Waals surface area contributed by atoms with Crippen molar-refractivity contribution in [2.45, 2.75) is 6.54 Å². The monoisotopic (exact) mass is 340 g/mol. The van der Waals surface area contributed by atoms with Gasteiger partial charge in [-0.1, -0.05) is 35.3 Å². The number of nitrogens with zero attached hydrogens (tertiary/aromatic N) is 1. The van der Waals surface area contributed by atoms with Crippen LogP contribution < -0.4 is 5.73 Å². The smallest absolute Gasteiger partial charge is 0.258 e. The Balaban J connectivity index is 2.29. The Morgan fingerprint density at radius 2 is 2.10 bits per heavy atom. The Labute approximate surface area is 137 Å². The van der Waals surface area contributed by atoms with Gasteiger partial charge in [0, 0.05) is 17.1 Å². The van der Waals surface area contributed by atoms with Crippen LogP contribution in [-0.4, -0.2) is 17.4 Å². The number of rotatable bonds is 5. The average Bonchev–Trinajstić information content (AvgIpc) is 2.83. The Kier molecular flexibility index (Phi) is 5.28. The first-order valence-corrected chi connectivity index (χ1v) is 7.78. The van der Waals surface area contributed by atoms with Crippen LogP contribution in [0.1, 0.15) is 15.2 Å². The van der Waals surface area contributed by atoms with Gasteiger partial charge in [-0.05, 0) is 24.3 Å². The predicted octanol–water partition coefficient (Wildman–Crippen LogP) is 4.47. The Morgan fingerprint density at radius 1 is 1.33 bits per heavy atom. The van der Waals surface area contributed by atoms with E-state index in [2.05, 4.69) is 6.58 Å². The van der Waals surface area contributed by atoms with Crippen LogP contribution in [0.25, 0.3) is 0 Å². The topological polar surface area (TPSA) is 46.3 Å². The average molecular weight is 341 g/mol. The van der Waals surface area contributed by atoms with Crippen LogP contribution in [0.2, 0.25) is 9.36 Å². The molecule has 21 heavy (non-hydrogen) atoms. The molecule has 1 heterocycles. The van der Waals surface area contributed by atoms with E-state index in [0.29, 0.717) is 33.7 Å². The van der Waals surface area contributed by atoms with Gasteiger partial charge in [-0.2, -0.15) is 0 Å². The van der Waals surface area contributed by atoms with Crippen molar-refractivity contribution in [1.82, 2.24) is 4.90 Å². The molecule has 0 fully saturated rings. The first-order chi connectivity index (χ1) is 10.0. The molecule has 2 N–H and O–H groups in total. The van der Waals surface area contributed by atoms with Crippen molar-refractivity contribution >= 4 is 46.1 Å². The largest absolute Gasteiger partial charge is 0.398 e. The molecule has 3 nitrogen and oxygen atoms in total. The van der Waals surface area contributed by atoms with Gasteiger partial charge in [0.25, 0.3) is 5.91 Å². The minimum absolute atomic E-state index is 0.220. The van der Waals surface area contributed by atoms with Crippen molar-refractivity contribution in [3.05, 3.63) is 62.8 Å². The molecule has 1 amide bonds. The van der Waals surface area contributed by atoms with Gasteiger partial charge >= 0.3 is 0 Å². The number of amides is 1. The molecule has 0 aliphatic heterocycles. The Hall–Kier alpha value is -1.49. The number of anilines is 1. The number of nitrogen functional groups attached to an aromatic ring is 1. The van der Waals surface area contributed by atoms with E-state index in [1.807, 2.05) is 12.1 Å². The van der Waals surface area contributed by atoms with E-state index >= 15 is 0 Å². The van der Waals surface area contributed by atoms with Crippen LogP contribution in [-0.2, 0) is 6.54 Å². The number of thiophene rings is 1. The predicted molar refractivity (Wildman–Crippen MR) is 90.1 cm³/mol. The minimum Gasteiger partial charge on any atom is -0.398 e. The lowest BCUT2D eigenvalue weighted by Gasteiger charge is -2.22. The second kappa shape index (κ2) is 6.98. The third-order valence-electron chi connectivity index (χ3n) is 2.87. The Morgan fingerprint density at radius 3 is 2.67 bits per heavy atom. The normalized spacial score (nSPS) is 10.4. The zero-order valence-electron chi connectivity index (χ0n) is 11.2. The molecule has 0 bridgehead atoms. The summed E-state index contributed by atoms with van der Waals surface area (Å²) >= 11 is 13.5. The molecule has 0 atom stereocenters. The molecule has 0 saturated carbocycles. The third-order valence-corrected chi connectivity index (χ3v) is 4.40. The fraction of sp³-hybridized carbons (Fsp3) is 0.133. The van der Waals surface area contributed by atoms with E-state index in [0.717, 1.165) is 4.88 Å². The summed E-state index contributed by atoms with van der Waals surface area (Å²) in [5, 5.41) is 0.346. The van der Waals surface area contributed by atoms with Crippen LogP contribution in [0.3, 0.4) is 0 Å². The zero-order chi connectivity index (χ0) is 15.4. The molecule has 2 aromatic rings. The number of hydrogen-bond acceptors (Lipinski definition) is 3. The molecular formula is C15H14Cl2N2OS. The summed E-state index contributed by atoms with van der Waals surface area (Å²) in [6, 6.07) is 8.73. The fourth-order valence-electron chi connectivity index (χ4n) is 1.92. The molecule has 0 radical (unpaired) electrons. The van der Waals surface area contributed by atoms with Crippen LogP contribution in [0.15, 0.2) is 43.0 Å². The lowest BCUT2D eigenvalue weighted by molar-refractivity contribution is 0.0765. The molecule has 0 saturated heterocycles. The van der Waals surface area contributed by atoms with Gasteiger partial charge in [0.05, 0.1) is 21.5 Å². The maximum absolute atomic E-state index is 12.7. The molecule has 110 valence electrons. The highest BCUT2D eigenvalue weighted by molar-refractivity contribution is 7.16. The van der Waals surface area contributed by atoms with Crippen molar-refractivity contribution in [1.29, 1.82) is 0 Å². The zero-order valence-corrected chi connectivity index (χ0v) is 13.5. The van der Waals surface area contributed by atoms with Gasteiger partial charge < -0.3 is 10.6 Å². The second-order valence-corrected chi connectivity index (χ2v) is 6.59. The lowest BCUT2D eigenvalue weighted by atomic mass is 10.1. The van der Waals surface area contributed by atoms with Gasteiger partial charge in [-0.25, -0.2) is 0 Å². The molecule has 0 unspecified atom stereocenters. The lowest BCUT2D eigenvalue weighted by Crippen LogP contribution is -2.31. The standard InChI is InChI=1S/C15H14Cl2N2OS/c1-2-8-19(9-10-6-7-13(17)21-10)15(20)14-11(16)4-3-5-12(14)18/h2-7H,1,8-9,18H2. The first-order valence-electron chi connectivity index (χ1n) is 6.21. The number of hydrogen-bond donors (Lipinski definition) is 1. The third kappa shape index (κ3) is 3.79. The van der Waals surface area contributed by atoms with E-state index in [1.165, 1.54) is 11.3 Å². The molecule has 0 aliphatic rings. The van der Waals surface area contributed by atoms with Gasteiger partial charge in [0.2, 0.25) is 0 Å². The summed E-state index contributed by atoms with van der Waals surface area (Å²) < 4.78 is 0.688. The van der Waals surface area contributed by atoms with Crippen molar-refractivity contribution < 1.29 is 4.79 Å². The fourth-order valence-corrected chi connectivity index (χ4v) is 3.29. The number of benzene rings is 1. The molecule has 6 heteroatoms. The van der Waals surface area contributed by atoms with Crippen molar-refractivity contribution in [3.63, 3.8) is 0 Å². The maximum atomic E-state index is 12.7. The molecule has 0 spiro atoms. The summed E-state index contributed by atoms with van der Waals surface area (Å²) in [5.41, 5.74) is 6.57. The van der Waals surface area contributed by atoms with E-state index < -0.39 is 0 Å². The quantitative estimate of drug-likeness (QED) is 0.644. The Bertz CT molecular complexity index is 649. The van der Waals surface area contributed by atoms with Crippen LogP contribution in [0, 0.1) is 0 Å². The van der Waals surface area contributed by atoms with E-state index in [4.69, 9.17) is 28.9 Å². The first kappa shape index (κ1) is 15.9. The summed E-state index contributed by atoms with van der Waals surface area (Å²) in [7, 11) is 0.